The van der Waals surface area contributed by atoms with Gasteiger partial charge in [0.05, 0.1) is 0 Å². The Hall–Kier alpha value is -1.23. The highest BCUT2D eigenvalue weighted by molar-refractivity contribution is 6.48. The van der Waals surface area contributed by atoms with Gasteiger partial charge >= 0.3 is 0 Å². The first-order valence-electron chi connectivity index (χ1n) is 6.33. The van der Waals surface area contributed by atoms with Crippen LogP contribution in [0.2, 0.25) is 0 Å². The Balaban J connectivity index is 2.46. The molecule has 2 atom stereocenters. The normalized spacial score (nSPS) is 37.1. The summed E-state index contributed by atoms with van der Waals surface area (Å²) in [6.07, 6.45) is 1.05. The van der Waals surface area contributed by atoms with Crippen LogP contribution in [0.25, 0.3) is 0 Å². The summed E-state index contributed by atoms with van der Waals surface area (Å²) in [6, 6.07) is 0. The number of hydrogen-bond acceptors (Lipinski definition) is 4. The first-order valence-corrected chi connectivity index (χ1v) is 6.33. The monoisotopic (exact) mass is 252 g/mol. The van der Waals surface area contributed by atoms with Crippen LogP contribution in [0.3, 0.4) is 0 Å². The van der Waals surface area contributed by atoms with E-state index in [4.69, 9.17) is 5.73 Å². The Morgan fingerprint density at radius 2 is 1.83 bits per heavy atom. The molecule has 18 heavy (non-hydrogen) atoms. The number of amides is 1. The summed E-state index contributed by atoms with van der Waals surface area (Å²) in [7, 11) is 0. The second-order valence-corrected chi connectivity index (χ2v) is 6.07. The molecule has 5 heteroatoms. The molecule has 2 fully saturated rings. The van der Waals surface area contributed by atoms with E-state index in [1.807, 2.05) is 13.8 Å². The number of ketones is 2. The Kier molecular flexibility index (Phi) is 2.67. The van der Waals surface area contributed by atoms with Gasteiger partial charge in [-0.2, -0.15) is 0 Å². The van der Waals surface area contributed by atoms with Crippen LogP contribution in [0, 0.1) is 16.2 Å². The fourth-order valence-corrected chi connectivity index (χ4v) is 3.61. The molecule has 2 rings (SSSR count). The molecule has 3 N–H and O–H groups in total. The third kappa shape index (κ3) is 1.13. The SMILES string of the molecule is CC12CCC(C(=O)NCCN)(C(=O)C1=O)C2(C)C. The zero-order valence-electron chi connectivity index (χ0n) is 11.1. The van der Waals surface area contributed by atoms with Gasteiger partial charge in [0, 0.05) is 18.5 Å². The maximum atomic E-state index is 12.4. The smallest absolute Gasteiger partial charge is 0.234 e. The molecular formula is C13H20N2O3. The molecular weight excluding hydrogens is 232 g/mol. The average Bonchev–Trinajstić information content (AvgIpc) is 2.59. The lowest BCUT2D eigenvalue weighted by Gasteiger charge is -2.37. The van der Waals surface area contributed by atoms with E-state index in [9.17, 15) is 14.4 Å². The van der Waals surface area contributed by atoms with Gasteiger partial charge < -0.3 is 11.1 Å². The van der Waals surface area contributed by atoms with Gasteiger partial charge in [-0.05, 0) is 18.3 Å². The van der Waals surface area contributed by atoms with Crippen molar-refractivity contribution in [2.24, 2.45) is 22.0 Å². The number of rotatable bonds is 3. The molecule has 2 aliphatic carbocycles. The lowest BCUT2D eigenvalue weighted by atomic mass is 9.64. The van der Waals surface area contributed by atoms with E-state index in [1.165, 1.54) is 0 Å². The number of nitrogens with one attached hydrogen (secondary N) is 1. The molecule has 5 nitrogen and oxygen atoms in total. The number of fused-ring (bicyclic) bond motifs is 2. The van der Waals surface area contributed by atoms with Crippen LogP contribution in [0.4, 0.5) is 0 Å². The molecule has 0 spiro atoms. The molecule has 2 unspecified atom stereocenters. The molecule has 0 aromatic rings. The van der Waals surface area contributed by atoms with Crippen LogP contribution in [0.15, 0.2) is 0 Å². The molecule has 2 bridgehead atoms. The van der Waals surface area contributed by atoms with Crippen LogP contribution in [-0.2, 0) is 14.4 Å². The maximum absolute atomic E-state index is 12.4. The minimum Gasteiger partial charge on any atom is -0.354 e. The van der Waals surface area contributed by atoms with Gasteiger partial charge in [0.15, 0.2) is 0 Å². The molecule has 0 radical (unpaired) electrons. The lowest BCUT2D eigenvalue weighted by Crippen LogP contribution is -2.51. The molecule has 0 aliphatic heterocycles. The number of carbonyl (C=O) groups is 3. The Morgan fingerprint density at radius 1 is 1.22 bits per heavy atom. The van der Waals surface area contributed by atoms with E-state index in [-0.39, 0.29) is 11.7 Å². The van der Waals surface area contributed by atoms with Crippen LogP contribution >= 0.6 is 0 Å². The van der Waals surface area contributed by atoms with Crippen LogP contribution in [-0.4, -0.2) is 30.6 Å². The Labute approximate surface area is 106 Å². The molecule has 0 aromatic carbocycles. The zero-order chi connectivity index (χ0) is 13.8. The van der Waals surface area contributed by atoms with Crippen molar-refractivity contribution in [3.8, 4) is 0 Å². The van der Waals surface area contributed by atoms with Crippen molar-refractivity contribution in [3.63, 3.8) is 0 Å². The summed E-state index contributed by atoms with van der Waals surface area (Å²) >= 11 is 0. The van der Waals surface area contributed by atoms with Crippen molar-refractivity contribution in [2.75, 3.05) is 13.1 Å². The first kappa shape index (κ1) is 13.2. The van der Waals surface area contributed by atoms with Crippen molar-refractivity contribution in [2.45, 2.75) is 33.6 Å². The second-order valence-electron chi connectivity index (χ2n) is 6.07. The van der Waals surface area contributed by atoms with E-state index in [0.717, 1.165) is 0 Å². The molecule has 0 aromatic heterocycles. The minimum absolute atomic E-state index is 0.321. The van der Waals surface area contributed by atoms with E-state index >= 15 is 0 Å². The molecule has 0 heterocycles. The number of carbonyl (C=O) groups excluding carboxylic acids is 3. The highest BCUT2D eigenvalue weighted by Crippen LogP contribution is 2.68. The third-order valence-electron chi connectivity index (χ3n) is 5.36. The van der Waals surface area contributed by atoms with Crippen molar-refractivity contribution in [3.05, 3.63) is 0 Å². The molecule has 1 amide bonds. The van der Waals surface area contributed by atoms with Gasteiger partial charge in [-0.1, -0.05) is 20.8 Å². The molecule has 100 valence electrons. The molecule has 2 saturated carbocycles. The first-order chi connectivity index (χ1) is 8.25. The predicted molar refractivity (Wildman–Crippen MR) is 65.6 cm³/mol. The fourth-order valence-electron chi connectivity index (χ4n) is 3.61. The van der Waals surface area contributed by atoms with E-state index in [1.54, 1.807) is 6.92 Å². The van der Waals surface area contributed by atoms with Crippen LogP contribution in [0.5, 0.6) is 0 Å². The topological polar surface area (TPSA) is 89.3 Å². The number of hydrogen-bond donors (Lipinski definition) is 2. The molecule has 0 saturated heterocycles. The largest absolute Gasteiger partial charge is 0.354 e. The summed E-state index contributed by atoms with van der Waals surface area (Å²) < 4.78 is 0. The van der Waals surface area contributed by atoms with Crippen molar-refractivity contribution in [1.82, 2.24) is 5.32 Å². The number of Topliss-reactive ketones (excluding diaryl/α,β-unsaturated/α-hetero) is 2. The van der Waals surface area contributed by atoms with Gasteiger partial charge in [-0.25, -0.2) is 0 Å². The summed E-state index contributed by atoms with van der Waals surface area (Å²) in [5, 5.41) is 2.68. The highest BCUT2D eigenvalue weighted by atomic mass is 16.2. The van der Waals surface area contributed by atoms with E-state index < -0.39 is 22.0 Å². The quantitative estimate of drug-likeness (QED) is 0.547. The predicted octanol–water partition coefficient (Wildman–Crippen LogP) is 0.0258. The van der Waals surface area contributed by atoms with Crippen LogP contribution < -0.4 is 11.1 Å². The summed E-state index contributed by atoms with van der Waals surface area (Å²) in [5.41, 5.74) is 2.84. The highest BCUT2D eigenvalue weighted by Gasteiger charge is 2.77. The molecule has 2 aliphatic rings. The fraction of sp³-hybridized carbons (Fsp3) is 0.769. The second kappa shape index (κ2) is 3.63. The Bertz CT molecular complexity index is 444. The van der Waals surface area contributed by atoms with Crippen LogP contribution in [0.1, 0.15) is 33.6 Å². The van der Waals surface area contributed by atoms with Gasteiger partial charge in [0.2, 0.25) is 17.5 Å². The van der Waals surface area contributed by atoms with Crippen molar-refractivity contribution >= 4 is 17.5 Å². The third-order valence-corrected chi connectivity index (χ3v) is 5.36. The zero-order valence-corrected chi connectivity index (χ0v) is 11.1. The van der Waals surface area contributed by atoms with Crippen molar-refractivity contribution in [1.29, 1.82) is 0 Å². The lowest BCUT2D eigenvalue weighted by molar-refractivity contribution is -0.149. The van der Waals surface area contributed by atoms with Gasteiger partial charge in [0.1, 0.15) is 5.41 Å². The standard InChI is InChI=1S/C13H20N2O3/c1-11(2)12(3)4-5-13(11,9(17)8(12)16)10(18)15-7-6-14/h4-7,14H2,1-3H3,(H,15,18). The minimum atomic E-state index is -1.19. The Morgan fingerprint density at radius 3 is 2.28 bits per heavy atom. The summed E-state index contributed by atoms with van der Waals surface area (Å²) in [6.45, 7) is 6.16. The van der Waals surface area contributed by atoms with Crippen molar-refractivity contribution < 1.29 is 14.4 Å². The van der Waals surface area contributed by atoms with E-state index in [2.05, 4.69) is 5.32 Å². The maximum Gasteiger partial charge on any atom is 0.234 e. The average molecular weight is 252 g/mol. The van der Waals surface area contributed by atoms with Gasteiger partial charge in [0.25, 0.3) is 0 Å². The summed E-state index contributed by atoms with van der Waals surface area (Å²) in [5.74, 6) is -1.24. The van der Waals surface area contributed by atoms with E-state index in [0.29, 0.717) is 25.9 Å². The summed E-state index contributed by atoms with van der Waals surface area (Å²) in [4.78, 5) is 36.8. The van der Waals surface area contributed by atoms with Gasteiger partial charge in [-0.3, -0.25) is 14.4 Å². The number of nitrogens with two attached hydrogens (primary N) is 1. The van der Waals surface area contributed by atoms with Gasteiger partial charge in [-0.15, -0.1) is 0 Å².